The molecule has 0 spiro atoms. The molecule has 2 unspecified atom stereocenters. The minimum Gasteiger partial charge on any atom is -0.391 e. The van der Waals surface area contributed by atoms with Gasteiger partial charge >= 0.3 is 0 Å². The van der Waals surface area contributed by atoms with Gasteiger partial charge in [0.15, 0.2) is 0 Å². The maximum Gasteiger partial charge on any atom is 0.248 e. The zero-order valence-electron chi connectivity index (χ0n) is 69.9. The molecular formula is C82H135ClN12O16. The van der Waals surface area contributed by atoms with Crippen molar-refractivity contribution in [2.24, 2.45) is 35.5 Å². The summed E-state index contributed by atoms with van der Waals surface area (Å²) in [6.07, 6.45) is -1.80. The molecule has 2 aliphatic rings. The van der Waals surface area contributed by atoms with Crippen molar-refractivity contribution in [2.45, 2.75) is 252 Å². The molecule has 0 radical (unpaired) electrons. The third-order valence-corrected chi connectivity index (χ3v) is 21.1. The largest absolute Gasteiger partial charge is 0.391 e. The zero-order chi connectivity index (χ0) is 83.4. The lowest BCUT2D eigenvalue weighted by Crippen LogP contribution is -2.64. The first-order valence-electron chi connectivity index (χ1n) is 39.8. The van der Waals surface area contributed by atoms with Crippen LogP contribution in [0.25, 0.3) is 0 Å². The topological polar surface area (TPSA) is 341 Å². The Labute approximate surface area is 665 Å². The predicted molar refractivity (Wildman–Crippen MR) is 427 cm³/mol. The Morgan fingerprint density at radius 1 is 0.505 bits per heavy atom. The van der Waals surface area contributed by atoms with Gasteiger partial charge < -0.3 is 80.4 Å². The summed E-state index contributed by atoms with van der Waals surface area (Å²) in [5.41, 5.74) is 1.21. The minimum absolute atomic E-state index is 0.00626. The number of amides is 11. The van der Waals surface area contributed by atoms with Crippen molar-refractivity contribution in [1.82, 2.24) is 60.5 Å². The molecule has 0 bridgehead atoms. The number of carbonyl (C=O) groups excluding carboxylic acids is 11. The van der Waals surface area contributed by atoms with Crippen LogP contribution in [0.1, 0.15) is 172 Å². The average molecular weight is 1580 g/mol. The number of hydrogen-bond acceptors (Lipinski definition) is 17. The highest BCUT2D eigenvalue weighted by molar-refractivity contribution is 6.30. The number of hydrogen-bond donors (Lipinski definition) is 7. The van der Waals surface area contributed by atoms with Gasteiger partial charge in [-0.3, -0.25) is 57.6 Å². The smallest absolute Gasteiger partial charge is 0.248 e. The van der Waals surface area contributed by atoms with Gasteiger partial charge in [-0.1, -0.05) is 130 Å². The Balaban J connectivity index is 2.03. The fraction of sp³-hybridized carbons (Fsp3) is 0.720. The molecule has 2 saturated heterocycles. The second kappa shape index (κ2) is 46.7. The van der Waals surface area contributed by atoms with E-state index in [2.05, 4.69) is 21.3 Å². The van der Waals surface area contributed by atoms with Crippen LogP contribution in [0.15, 0.2) is 54.6 Å². The normalized spacial score (nSPS) is 25.5. The van der Waals surface area contributed by atoms with Gasteiger partial charge in [0.05, 0.1) is 50.5 Å². The van der Waals surface area contributed by atoms with Crippen molar-refractivity contribution in [3.05, 3.63) is 70.7 Å². The van der Waals surface area contributed by atoms with Crippen LogP contribution in [0, 0.1) is 35.5 Å². The van der Waals surface area contributed by atoms with Crippen LogP contribution in [0.4, 0.5) is 0 Å². The second-order valence-corrected chi connectivity index (χ2v) is 33.5. The van der Waals surface area contributed by atoms with E-state index in [-0.39, 0.29) is 101 Å². The Bertz CT molecular complexity index is 3320. The van der Waals surface area contributed by atoms with Crippen LogP contribution in [0.5, 0.6) is 0 Å². The van der Waals surface area contributed by atoms with E-state index in [4.69, 9.17) is 21.1 Å². The summed E-state index contributed by atoms with van der Waals surface area (Å²) in [5, 5.41) is 47.0. The summed E-state index contributed by atoms with van der Waals surface area (Å²) in [6.45, 7) is 23.7. The van der Waals surface area contributed by atoms with Gasteiger partial charge in [-0.25, -0.2) is 0 Å². The van der Waals surface area contributed by atoms with E-state index in [9.17, 15) is 29.7 Å². The molecule has 0 aliphatic carbocycles. The number of piperidine rings is 1. The monoisotopic (exact) mass is 1580 g/mol. The van der Waals surface area contributed by atoms with E-state index in [1.807, 2.05) is 69.2 Å². The highest BCUT2D eigenvalue weighted by Crippen LogP contribution is 2.26. The number of carbonyl (C=O) groups is 11. The highest BCUT2D eigenvalue weighted by atomic mass is 35.5. The van der Waals surface area contributed by atoms with E-state index in [1.165, 1.54) is 92.6 Å². The number of nitrogens with one attached hydrogen (secondary N) is 4. The Morgan fingerprint density at radius 2 is 1.01 bits per heavy atom. The van der Waals surface area contributed by atoms with Gasteiger partial charge in [-0.2, -0.15) is 0 Å². The lowest BCUT2D eigenvalue weighted by Gasteiger charge is -2.41. The van der Waals surface area contributed by atoms with Gasteiger partial charge in [0.1, 0.15) is 54.6 Å². The molecule has 2 aromatic rings. The molecule has 0 aromatic heterocycles. The third kappa shape index (κ3) is 30.2. The molecule has 2 fully saturated rings. The lowest BCUT2D eigenvalue weighted by atomic mass is 9.95. The molecule has 28 nitrogen and oxygen atoms in total. The number of benzene rings is 2. The van der Waals surface area contributed by atoms with E-state index < -0.39 is 163 Å². The van der Waals surface area contributed by atoms with E-state index >= 15 is 38.4 Å². The van der Waals surface area contributed by atoms with Crippen LogP contribution in [-0.4, -0.2) is 294 Å². The average Bonchev–Trinajstić information content (AvgIpc) is 0.809. The van der Waals surface area contributed by atoms with Crippen LogP contribution in [0.3, 0.4) is 0 Å². The maximum absolute atomic E-state index is 15.8. The number of aliphatic hydroxyl groups is 3. The minimum atomic E-state index is -1.73. The molecule has 11 amide bonds. The molecular weight excluding hydrogens is 1440 g/mol. The van der Waals surface area contributed by atoms with Gasteiger partial charge in [0.2, 0.25) is 65.0 Å². The van der Waals surface area contributed by atoms with Crippen LogP contribution >= 0.6 is 11.6 Å². The summed E-state index contributed by atoms with van der Waals surface area (Å²) >= 11 is 6.62. The number of halogens is 1. The molecule has 4 rings (SSSR count). The maximum atomic E-state index is 15.8. The van der Waals surface area contributed by atoms with Crippen molar-refractivity contribution in [3.8, 4) is 0 Å². The SMILES string of the molecule is CC(C)CCOC[C@@H](C)C1NC(=O)[C@H](Cc2cccc(Cl)c2)N(C)C(O)[C@H](Cc2ccccc2)N(C)C(=O)[C@H](COC[C@H](C)O)NC(=O)[C@H](CC(C)C)N(C)C(=O)CCCN(C)C(=O)C[C@@H](C(=O)N2CCCCC2)NC(=O)[C@H](CC(C)C)N(C)C(=O)[C@H](CC(C)C)N(C)C(=O)[C@H]([C@@H](C)O)NC(=O)[C@H](CC(C)C)N(C)C1=O. The van der Waals surface area contributed by atoms with Crippen LogP contribution < -0.4 is 21.3 Å². The van der Waals surface area contributed by atoms with Crippen molar-refractivity contribution in [1.29, 1.82) is 0 Å². The summed E-state index contributed by atoms with van der Waals surface area (Å²) in [4.78, 5) is 177. The third-order valence-electron chi connectivity index (χ3n) is 20.9. The van der Waals surface area contributed by atoms with E-state index in [1.54, 1.807) is 66.4 Å². The van der Waals surface area contributed by atoms with Gasteiger partial charge in [0.25, 0.3) is 0 Å². The first kappa shape index (κ1) is 96.0. The lowest BCUT2D eigenvalue weighted by molar-refractivity contribution is -0.152. The Kier molecular flexibility index (Phi) is 40.4. The molecule has 2 aliphatic heterocycles. The molecule has 7 N–H and O–H groups in total. The Hall–Kier alpha value is -7.34. The summed E-state index contributed by atoms with van der Waals surface area (Å²) in [7, 11) is 10.1. The number of rotatable bonds is 24. The van der Waals surface area contributed by atoms with Crippen LogP contribution in [-0.2, 0) is 75.1 Å². The van der Waals surface area contributed by atoms with Crippen molar-refractivity contribution >= 4 is 76.6 Å². The Morgan fingerprint density at radius 3 is 1.56 bits per heavy atom. The first-order chi connectivity index (χ1) is 52.1. The number of likely N-dealkylation sites (N-methyl/N-ethyl adjacent to an activating group) is 6. The molecule has 0 saturated carbocycles. The molecule has 2 aromatic carbocycles. The number of nitrogens with zero attached hydrogens (tertiary/aromatic N) is 8. The zero-order valence-corrected chi connectivity index (χ0v) is 70.7. The fourth-order valence-corrected chi connectivity index (χ4v) is 14.2. The highest BCUT2D eigenvalue weighted by Gasteiger charge is 2.45. The van der Waals surface area contributed by atoms with E-state index in [0.29, 0.717) is 55.1 Å². The van der Waals surface area contributed by atoms with Gasteiger partial charge in [0, 0.05) is 85.9 Å². The van der Waals surface area contributed by atoms with Crippen molar-refractivity contribution in [3.63, 3.8) is 0 Å². The van der Waals surface area contributed by atoms with Crippen molar-refractivity contribution in [2.75, 3.05) is 95.4 Å². The molecule has 14 atom stereocenters. The molecule has 29 heteroatoms. The van der Waals surface area contributed by atoms with Crippen molar-refractivity contribution < 1.29 is 77.5 Å². The fourth-order valence-electron chi connectivity index (χ4n) is 14.0. The summed E-state index contributed by atoms with van der Waals surface area (Å²) < 4.78 is 12.1. The molecule has 626 valence electrons. The number of likely N-dealkylation sites (tertiary alicyclic amines) is 1. The number of ether oxygens (including phenoxy) is 2. The van der Waals surface area contributed by atoms with Gasteiger partial charge in [-0.15, -0.1) is 0 Å². The van der Waals surface area contributed by atoms with Crippen LogP contribution in [0.2, 0.25) is 5.02 Å². The number of aliphatic hydroxyl groups excluding tert-OH is 3. The summed E-state index contributed by atoms with van der Waals surface area (Å²) in [6, 6.07) is 1.96. The quantitative estimate of drug-likeness (QED) is 0.0670. The molecule has 2 heterocycles. The molecule has 111 heavy (non-hydrogen) atoms. The predicted octanol–water partition coefficient (Wildman–Crippen LogP) is 5.13. The van der Waals surface area contributed by atoms with Gasteiger partial charge in [-0.05, 0) is 144 Å². The second-order valence-electron chi connectivity index (χ2n) is 33.0. The standard InChI is InChI=1S/C82H135ClN12O16/c1-50(2)34-38-110-47-55(11)71-81(108)92(18)65(41-53(7)8)75(102)87-72(57(13)97)82(109)94(20)67(42-54(9)10)79(106)90(16)64(40-52(5)6)74(101)84-61(78(105)95-36-25-22-26-37-95)46-70(99)88(14)35-28-33-69(98)89(15)63(39-51(3)4)73(100)85-62(49-111-48-56(12)96)77(104)93(19)68(44-58-29-23-21-24-30-58)80(107)91(17)66(76(103)86-71)45-59-31-27-32-60(83)43-59/h21,23-24,27,29-32,43,50-57,61-68,71-72,80,96-97,107H,22,25-26,28,33-42,44-49H2,1-20H3,(H,84,101)(H,85,100)(H,86,103)(H,87,102)/t55-,56+,57-,61+,62+,63+,64+,65+,66+,67+,68+,71?,72+,80?/m1/s1. The van der Waals surface area contributed by atoms with E-state index in [0.717, 1.165) is 11.3 Å². The first-order valence-corrected chi connectivity index (χ1v) is 40.2. The summed E-state index contributed by atoms with van der Waals surface area (Å²) in [5.74, 6) is -9.09.